The number of carbonyl (C=O) groups excluding carboxylic acids is 1. The number of nitrogens with one attached hydrogen (secondary N) is 2. The SMILES string of the molecule is O=C(C=Cc1ccccc1Cl)NC(=S)Nc1ccc([N+](=O)[O-])cc1. The first-order valence-corrected chi connectivity index (χ1v) is 7.53. The minimum Gasteiger partial charge on any atom is -0.332 e. The molecule has 0 saturated carbocycles. The Hall–Kier alpha value is -2.77. The highest BCUT2D eigenvalue weighted by molar-refractivity contribution is 7.80. The summed E-state index contributed by atoms with van der Waals surface area (Å²) in [6.07, 6.45) is 2.89. The van der Waals surface area contributed by atoms with Gasteiger partial charge in [0, 0.05) is 28.9 Å². The van der Waals surface area contributed by atoms with Crippen molar-refractivity contribution in [2.24, 2.45) is 0 Å². The lowest BCUT2D eigenvalue weighted by Gasteiger charge is -2.07. The molecule has 122 valence electrons. The molecular formula is C16H12ClN3O3S. The second kappa shape index (κ2) is 8.19. The number of carbonyl (C=O) groups is 1. The predicted octanol–water partition coefficient (Wildman–Crippen LogP) is 3.77. The zero-order chi connectivity index (χ0) is 17.5. The van der Waals surface area contributed by atoms with Crippen molar-refractivity contribution in [3.05, 3.63) is 75.3 Å². The van der Waals surface area contributed by atoms with Crippen LogP contribution in [0.5, 0.6) is 0 Å². The van der Waals surface area contributed by atoms with E-state index in [1.165, 1.54) is 30.3 Å². The van der Waals surface area contributed by atoms with Gasteiger partial charge in [0.15, 0.2) is 5.11 Å². The first-order valence-electron chi connectivity index (χ1n) is 6.75. The van der Waals surface area contributed by atoms with E-state index in [2.05, 4.69) is 10.6 Å². The fourth-order valence-electron chi connectivity index (χ4n) is 1.76. The van der Waals surface area contributed by atoms with Crippen LogP contribution in [-0.4, -0.2) is 15.9 Å². The monoisotopic (exact) mass is 361 g/mol. The van der Waals surface area contributed by atoms with Gasteiger partial charge in [-0.25, -0.2) is 0 Å². The largest absolute Gasteiger partial charge is 0.332 e. The minimum atomic E-state index is -0.497. The van der Waals surface area contributed by atoms with E-state index in [0.29, 0.717) is 16.3 Å². The highest BCUT2D eigenvalue weighted by atomic mass is 35.5. The van der Waals surface area contributed by atoms with E-state index in [0.717, 1.165) is 0 Å². The van der Waals surface area contributed by atoms with Crippen LogP contribution in [0.4, 0.5) is 11.4 Å². The number of hydrogen-bond donors (Lipinski definition) is 2. The van der Waals surface area contributed by atoms with Crippen molar-refractivity contribution >= 4 is 52.3 Å². The number of rotatable bonds is 4. The van der Waals surface area contributed by atoms with Gasteiger partial charge >= 0.3 is 0 Å². The fraction of sp³-hybridized carbons (Fsp3) is 0. The van der Waals surface area contributed by atoms with Crippen molar-refractivity contribution in [2.45, 2.75) is 0 Å². The summed E-state index contributed by atoms with van der Waals surface area (Å²) in [4.78, 5) is 21.9. The van der Waals surface area contributed by atoms with E-state index in [9.17, 15) is 14.9 Å². The molecule has 0 spiro atoms. The number of halogens is 1. The number of nitro benzene ring substituents is 1. The normalized spacial score (nSPS) is 10.4. The van der Waals surface area contributed by atoms with Crippen molar-refractivity contribution < 1.29 is 9.72 Å². The average Bonchev–Trinajstić information content (AvgIpc) is 2.54. The van der Waals surface area contributed by atoms with E-state index in [1.54, 1.807) is 24.3 Å². The molecule has 0 aromatic heterocycles. The Bertz CT molecular complexity index is 806. The molecule has 2 aromatic carbocycles. The smallest absolute Gasteiger partial charge is 0.269 e. The van der Waals surface area contributed by atoms with E-state index in [-0.39, 0.29) is 10.8 Å². The maximum atomic E-state index is 11.8. The van der Waals surface area contributed by atoms with Crippen LogP contribution in [0.2, 0.25) is 5.02 Å². The predicted molar refractivity (Wildman–Crippen MR) is 97.9 cm³/mol. The van der Waals surface area contributed by atoms with Crippen molar-refractivity contribution in [1.82, 2.24) is 5.32 Å². The quantitative estimate of drug-likeness (QED) is 0.375. The number of benzene rings is 2. The van der Waals surface area contributed by atoms with Crippen molar-refractivity contribution in [2.75, 3.05) is 5.32 Å². The van der Waals surface area contributed by atoms with E-state index >= 15 is 0 Å². The Morgan fingerprint density at radius 2 is 1.83 bits per heavy atom. The molecule has 0 heterocycles. The van der Waals surface area contributed by atoms with E-state index < -0.39 is 10.8 Å². The van der Waals surface area contributed by atoms with Crippen LogP contribution in [0.25, 0.3) is 6.08 Å². The number of non-ortho nitro benzene ring substituents is 1. The number of anilines is 1. The second-order valence-corrected chi connectivity index (χ2v) is 5.42. The van der Waals surface area contributed by atoms with Crippen molar-refractivity contribution in [1.29, 1.82) is 0 Å². The third-order valence-electron chi connectivity index (χ3n) is 2.89. The Balaban J connectivity index is 1.91. The molecule has 0 atom stereocenters. The molecule has 0 aliphatic rings. The first-order chi connectivity index (χ1) is 11.5. The Morgan fingerprint density at radius 1 is 1.17 bits per heavy atom. The Kier molecular flexibility index (Phi) is 6.00. The van der Waals surface area contributed by atoms with Crippen LogP contribution in [0.1, 0.15) is 5.56 Å². The van der Waals surface area contributed by atoms with Crippen LogP contribution in [0, 0.1) is 10.1 Å². The van der Waals surface area contributed by atoms with Gasteiger partial charge in [0.05, 0.1) is 4.92 Å². The van der Waals surface area contributed by atoms with Gasteiger partial charge in [0.25, 0.3) is 5.69 Å². The fourth-order valence-corrected chi connectivity index (χ4v) is 2.18. The molecule has 0 unspecified atom stereocenters. The summed E-state index contributed by atoms with van der Waals surface area (Å²) in [5.41, 5.74) is 1.21. The number of nitro groups is 1. The Labute approximate surface area is 148 Å². The number of thiocarbonyl (C=S) groups is 1. The summed E-state index contributed by atoms with van der Waals surface area (Å²) in [5, 5.41) is 16.4. The van der Waals surface area contributed by atoms with Gasteiger partial charge < -0.3 is 5.32 Å². The molecule has 0 aliphatic heterocycles. The lowest BCUT2D eigenvalue weighted by molar-refractivity contribution is -0.384. The third-order valence-corrected chi connectivity index (χ3v) is 3.44. The molecule has 0 fully saturated rings. The van der Waals surface area contributed by atoms with Gasteiger partial charge in [-0.2, -0.15) is 0 Å². The Morgan fingerprint density at radius 3 is 2.46 bits per heavy atom. The van der Waals surface area contributed by atoms with Crippen molar-refractivity contribution in [3.63, 3.8) is 0 Å². The standard InChI is InChI=1S/C16H12ClN3O3S/c17-14-4-2-1-3-11(14)5-10-15(21)19-16(24)18-12-6-8-13(9-7-12)20(22)23/h1-10H,(H2,18,19,21,24). The summed E-state index contributed by atoms with van der Waals surface area (Å²) in [7, 11) is 0. The molecule has 0 bridgehead atoms. The first kappa shape index (κ1) is 17.6. The zero-order valence-corrected chi connectivity index (χ0v) is 13.8. The van der Waals surface area contributed by atoms with E-state index in [4.69, 9.17) is 23.8 Å². The molecule has 2 rings (SSSR count). The molecule has 0 saturated heterocycles. The van der Waals surface area contributed by atoms with Crippen LogP contribution in [0.15, 0.2) is 54.6 Å². The minimum absolute atomic E-state index is 0.0295. The van der Waals surface area contributed by atoms with Gasteiger partial charge in [-0.3, -0.25) is 20.2 Å². The van der Waals surface area contributed by atoms with Gasteiger partial charge in [0.1, 0.15) is 0 Å². The van der Waals surface area contributed by atoms with E-state index in [1.807, 2.05) is 6.07 Å². The van der Waals surface area contributed by atoms with Crippen LogP contribution >= 0.6 is 23.8 Å². The van der Waals surface area contributed by atoms with Crippen LogP contribution in [0.3, 0.4) is 0 Å². The molecule has 2 N–H and O–H groups in total. The van der Waals surface area contributed by atoms with Crippen LogP contribution < -0.4 is 10.6 Å². The molecule has 8 heteroatoms. The zero-order valence-electron chi connectivity index (χ0n) is 12.2. The maximum absolute atomic E-state index is 11.8. The lowest BCUT2D eigenvalue weighted by atomic mass is 10.2. The highest BCUT2D eigenvalue weighted by Crippen LogP contribution is 2.16. The van der Waals surface area contributed by atoms with Gasteiger partial charge in [0.2, 0.25) is 5.91 Å². The second-order valence-electron chi connectivity index (χ2n) is 4.60. The third kappa shape index (κ3) is 5.15. The van der Waals surface area contributed by atoms with Crippen molar-refractivity contribution in [3.8, 4) is 0 Å². The number of nitrogens with zero attached hydrogens (tertiary/aromatic N) is 1. The summed E-state index contributed by atoms with van der Waals surface area (Å²) in [6.45, 7) is 0. The van der Waals surface area contributed by atoms with Gasteiger partial charge in [-0.05, 0) is 42.1 Å². The molecule has 0 radical (unpaired) electrons. The molecule has 6 nitrogen and oxygen atoms in total. The summed E-state index contributed by atoms with van der Waals surface area (Å²) < 4.78 is 0. The molecular weight excluding hydrogens is 350 g/mol. The molecule has 0 aliphatic carbocycles. The average molecular weight is 362 g/mol. The highest BCUT2D eigenvalue weighted by Gasteiger charge is 2.06. The molecule has 2 aromatic rings. The van der Waals surface area contributed by atoms with Crippen LogP contribution in [-0.2, 0) is 4.79 Å². The summed E-state index contributed by atoms with van der Waals surface area (Å²) >= 11 is 11.0. The number of hydrogen-bond acceptors (Lipinski definition) is 4. The van der Waals surface area contributed by atoms with Gasteiger partial charge in [-0.1, -0.05) is 29.8 Å². The number of amides is 1. The summed E-state index contributed by atoms with van der Waals surface area (Å²) in [6, 6.07) is 12.8. The van der Waals surface area contributed by atoms with Gasteiger partial charge in [-0.15, -0.1) is 0 Å². The lowest BCUT2D eigenvalue weighted by Crippen LogP contribution is -2.32. The maximum Gasteiger partial charge on any atom is 0.269 e. The molecule has 1 amide bonds. The topological polar surface area (TPSA) is 84.3 Å². The molecule has 24 heavy (non-hydrogen) atoms. The summed E-state index contributed by atoms with van der Waals surface area (Å²) in [5.74, 6) is -0.422.